The third-order valence-electron chi connectivity index (χ3n) is 2.90. The van der Waals surface area contributed by atoms with Crippen molar-refractivity contribution in [1.82, 2.24) is 0 Å². The Labute approximate surface area is 130 Å². The van der Waals surface area contributed by atoms with Gasteiger partial charge >= 0.3 is 0 Å². The summed E-state index contributed by atoms with van der Waals surface area (Å²) in [7, 11) is 0. The molecule has 1 N–H and O–H groups in total. The lowest BCUT2D eigenvalue weighted by Crippen LogP contribution is -2.12. The number of anilines is 1. The van der Waals surface area contributed by atoms with Gasteiger partial charge in [-0.25, -0.2) is 8.78 Å². The van der Waals surface area contributed by atoms with Crippen molar-refractivity contribution < 1.29 is 18.4 Å². The first kappa shape index (κ1) is 16.2. The van der Waals surface area contributed by atoms with Gasteiger partial charge in [0.25, 0.3) is 5.69 Å². The predicted octanol–water partition coefficient (Wildman–Crippen LogP) is 3.24. The molecule has 0 atom stereocenters. The van der Waals surface area contributed by atoms with Crippen LogP contribution in [0.1, 0.15) is 5.56 Å². The molecule has 0 aliphatic carbocycles. The topological polar surface area (TPSA) is 88.2 Å². The van der Waals surface area contributed by atoms with E-state index in [1.807, 2.05) is 6.07 Å². The minimum atomic E-state index is -1.02. The van der Waals surface area contributed by atoms with Crippen molar-refractivity contribution in [1.29, 1.82) is 5.26 Å². The summed E-state index contributed by atoms with van der Waals surface area (Å²) in [4.78, 5) is 10.4. The Bertz CT molecular complexity index is 775. The number of nitrogens with one attached hydrogen (secondary N) is 1. The highest BCUT2D eigenvalue weighted by molar-refractivity contribution is 5.64. The average molecular weight is 319 g/mol. The van der Waals surface area contributed by atoms with Crippen molar-refractivity contribution >= 4 is 11.4 Å². The molecular formula is C15H11F2N3O3. The number of halogens is 2. The average Bonchev–Trinajstić information content (AvgIpc) is 2.54. The van der Waals surface area contributed by atoms with E-state index in [2.05, 4.69) is 5.32 Å². The van der Waals surface area contributed by atoms with Crippen molar-refractivity contribution in [3.05, 3.63) is 63.7 Å². The van der Waals surface area contributed by atoms with E-state index >= 15 is 0 Å². The van der Waals surface area contributed by atoms with Crippen LogP contribution in [0.4, 0.5) is 20.2 Å². The number of hydrogen-bond acceptors (Lipinski definition) is 5. The molecule has 0 amide bonds. The van der Waals surface area contributed by atoms with E-state index < -0.39 is 16.6 Å². The lowest BCUT2D eigenvalue weighted by molar-refractivity contribution is -0.384. The SMILES string of the molecule is N#Cc1ccc(NCCOc2ccc(F)c(F)c2)c([N+](=O)[O-])c1. The van der Waals surface area contributed by atoms with Crippen molar-refractivity contribution in [2.45, 2.75) is 0 Å². The van der Waals surface area contributed by atoms with Crippen LogP contribution in [0.5, 0.6) is 5.75 Å². The van der Waals surface area contributed by atoms with Crippen molar-refractivity contribution in [2.75, 3.05) is 18.5 Å². The number of nitrogens with zero attached hydrogens (tertiary/aromatic N) is 2. The minimum Gasteiger partial charge on any atom is -0.492 e. The van der Waals surface area contributed by atoms with E-state index in [0.717, 1.165) is 12.1 Å². The summed E-state index contributed by atoms with van der Waals surface area (Å²) in [5, 5.41) is 22.5. The molecule has 0 bridgehead atoms. The molecule has 0 aliphatic heterocycles. The van der Waals surface area contributed by atoms with Crippen molar-refractivity contribution in [3.63, 3.8) is 0 Å². The zero-order chi connectivity index (χ0) is 16.8. The number of ether oxygens (including phenoxy) is 1. The van der Waals surface area contributed by atoms with Gasteiger partial charge in [-0.15, -0.1) is 0 Å². The summed E-state index contributed by atoms with van der Waals surface area (Å²) in [5.74, 6) is -1.83. The second kappa shape index (κ2) is 7.17. The molecule has 0 spiro atoms. The molecule has 0 saturated carbocycles. The molecular weight excluding hydrogens is 308 g/mol. The van der Waals surface area contributed by atoms with Crippen LogP contribution in [-0.2, 0) is 0 Å². The molecule has 0 saturated heterocycles. The Morgan fingerprint density at radius 3 is 2.65 bits per heavy atom. The van der Waals surface area contributed by atoms with Crippen LogP contribution in [0.3, 0.4) is 0 Å². The van der Waals surface area contributed by atoms with Crippen molar-refractivity contribution in [3.8, 4) is 11.8 Å². The van der Waals surface area contributed by atoms with Crippen LogP contribution in [0, 0.1) is 33.1 Å². The third-order valence-corrected chi connectivity index (χ3v) is 2.90. The molecule has 0 aromatic heterocycles. The highest BCUT2D eigenvalue weighted by Crippen LogP contribution is 2.25. The number of rotatable bonds is 6. The fraction of sp³-hybridized carbons (Fsp3) is 0.133. The maximum atomic E-state index is 13.0. The van der Waals surface area contributed by atoms with E-state index in [1.54, 1.807) is 0 Å². The predicted molar refractivity (Wildman–Crippen MR) is 78.2 cm³/mol. The second-order valence-corrected chi connectivity index (χ2v) is 4.45. The zero-order valence-corrected chi connectivity index (χ0v) is 11.8. The lowest BCUT2D eigenvalue weighted by Gasteiger charge is -2.09. The first-order valence-electron chi connectivity index (χ1n) is 6.51. The molecule has 0 heterocycles. The number of nitro benzene ring substituents is 1. The first-order valence-corrected chi connectivity index (χ1v) is 6.51. The maximum Gasteiger partial charge on any atom is 0.293 e. The Morgan fingerprint density at radius 2 is 2.00 bits per heavy atom. The van der Waals surface area contributed by atoms with Gasteiger partial charge < -0.3 is 10.1 Å². The molecule has 0 aliphatic rings. The summed E-state index contributed by atoms with van der Waals surface area (Å²) in [6.07, 6.45) is 0. The van der Waals surface area contributed by atoms with Gasteiger partial charge in [-0.3, -0.25) is 10.1 Å². The van der Waals surface area contributed by atoms with Gasteiger partial charge in [0.2, 0.25) is 0 Å². The van der Waals surface area contributed by atoms with Gasteiger partial charge in [0.05, 0.1) is 16.6 Å². The van der Waals surface area contributed by atoms with Crippen LogP contribution in [0.25, 0.3) is 0 Å². The first-order chi connectivity index (χ1) is 11.0. The summed E-state index contributed by atoms with van der Waals surface area (Å²) in [6.45, 7) is 0.286. The molecule has 6 nitrogen and oxygen atoms in total. The van der Waals surface area contributed by atoms with Crippen LogP contribution >= 0.6 is 0 Å². The Kier molecular flexibility index (Phi) is 5.04. The minimum absolute atomic E-state index is 0.0855. The highest BCUT2D eigenvalue weighted by atomic mass is 19.2. The highest BCUT2D eigenvalue weighted by Gasteiger charge is 2.14. The largest absolute Gasteiger partial charge is 0.492 e. The van der Waals surface area contributed by atoms with E-state index in [1.165, 1.54) is 24.3 Å². The molecule has 0 unspecified atom stereocenters. The van der Waals surface area contributed by atoms with Gasteiger partial charge in [-0.05, 0) is 24.3 Å². The van der Waals surface area contributed by atoms with E-state index in [4.69, 9.17) is 10.00 Å². The summed E-state index contributed by atoms with van der Waals surface area (Å²) >= 11 is 0. The van der Waals surface area contributed by atoms with Gasteiger partial charge in [0.1, 0.15) is 18.0 Å². The molecule has 0 fully saturated rings. The quantitative estimate of drug-likeness (QED) is 0.501. The van der Waals surface area contributed by atoms with Gasteiger partial charge in [0, 0.05) is 18.7 Å². The Hall–Kier alpha value is -3.21. The molecule has 23 heavy (non-hydrogen) atoms. The number of nitro groups is 1. The summed E-state index contributed by atoms with van der Waals surface area (Å²) in [6, 6.07) is 9.01. The van der Waals surface area contributed by atoms with E-state index in [9.17, 15) is 18.9 Å². The van der Waals surface area contributed by atoms with Crippen LogP contribution in [0.2, 0.25) is 0 Å². The Balaban J connectivity index is 1.95. The molecule has 2 aromatic rings. The normalized spacial score (nSPS) is 9.96. The fourth-order valence-electron chi connectivity index (χ4n) is 1.82. The number of hydrogen-bond donors (Lipinski definition) is 1. The lowest BCUT2D eigenvalue weighted by atomic mass is 10.2. The van der Waals surface area contributed by atoms with Crippen LogP contribution < -0.4 is 10.1 Å². The molecule has 2 rings (SSSR count). The summed E-state index contributed by atoms with van der Waals surface area (Å²) < 4.78 is 31.0. The maximum absolute atomic E-state index is 13.0. The van der Waals surface area contributed by atoms with E-state index in [0.29, 0.717) is 0 Å². The van der Waals surface area contributed by atoms with Gasteiger partial charge in [-0.2, -0.15) is 5.26 Å². The molecule has 8 heteroatoms. The fourth-order valence-corrected chi connectivity index (χ4v) is 1.82. The standard InChI is InChI=1S/C15H11F2N3O3/c16-12-3-2-11(8-13(12)17)23-6-5-19-14-4-1-10(9-18)7-15(14)20(21)22/h1-4,7-8,19H,5-6H2. The van der Waals surface area contributed by atoms with Crippen LogP contribution in [-0.4, -0.2) is 18.1 Å². The van der Waals surface area contributed by atoms with Gasteiger partial charge in [0.15, 0.2) is 11.6 Å². The van der Waals surface area contributed by atoms with Crippen LogP contribution in [0.15, 0.2) is 36.4 Å². The molecule has 0 radical (unpaired) electrons. The van der Waals surface area contributed by atoms with Crippen molar-refractivity contribution in [2.24, 2.45) is 0 Å². The van der Waals surface area contributed by atoms with Gasteiger partial charge in [-0.1, -0.05) is 0 Å². The zero-order valence-electron chi connectivity index (χ0n) is 11.8. The molecule has 2 aromatic carbocycles. The monoisotopic (exact) mass is 319 g/mol. The van der Waals surface area contributed by atoms with E-state index in [-0.39, 0.29) is 35.8 Å². The Morgan fingerprint density at radius 1 is 1.22 bits per heavy atom. The molecule has 118 valence electrons. The third kappa shape index (κ3) is 4.14. The number of nitriles is 1. The summed E-state index contributed by atoms with van der Waals surface area (Å²) in [5.41, 5.74) is 0.194. The number of benzene rings is 2. The second-order valence-electron chi connectivity index (χ2n) is 4.45. The smallest absolute Gasteiger partial charge is 0.293 e.